The molecule has 2 aromatic heterocycles. The molecule has 0 spiro atoms. The van der Waals surface area contributed by atoms with E-state index in [2.05, 4.69) is 22.4 Å². The number of carboxylic acid groups (broad SMARTS) is 1. The van der Waals surface area contributed by atoms with Crippen LogP contribution in [0.2, 0.25) is 0 Å². The van der Waals surface area contributed by atoms with Crippen molar-refractivity contribution >= 4 is 5.97 Å². The zero-order valence-electron chi connectivity index (χ0n) is 11.9. The van der Waals surface area contributed by atoms with Gasteiger partial charge in [-0.2, -0.15) is 0 Å². The van der Waals surface area contributed by atoms with E-state index in [1.54, 1.807) is 4.68 Å². The Balaban J connectivity index is 2.34. The Bertz CT molecular complexity index is 596. The second-order valence-electron chi connectivity index (χ2n) is 4.75. The summed E-state index contributed by atoms with van der Waals surface area (Å²) in [6, 6.07) is 0. The van der Waals surface area contributed by atoms with Crippen molar-refractivity contribution in [1.29, 1.82) is 0 Å². The zero-order chi connectivity index (χ0) is 14.7. The number of aryl methyl sites for hydroxylation is 2. The Morgan fingerprint density at radius 1 is 1.40 bits per heavy atom. The molecule has 0 saturated heterocycles. The molecule has 2 heterocycles. The van der Waals surface area contributed by atoms with Crippen molar-refractivity contribution < 1.29 is 14.4 Å². The van der Waals surface area contributed by atoms with Gasteiger partial charge in [0.05, 0.1) is 17.9 Å². The van der Waals surface area contributed by atoms with Crippen molar-refractivity contribution in [2.24, 2.45) is 0 Å². The van der Waals surface area contributed by atoms with Crippen LogP contribution >= 0.6 is 0 Å². The predicted octanol–water partition coefficient (Wildman–Crippen LogP) is 1.97. The quantitative estimate of drug-likeness (QED) is 0.868. The lowest BCUT2D eigenvalue weighted by Crippen LogP contribution is -2.10. The standard InChI is InChI=1S/C13H18N4O3/c1-4-5-6-11-12(13(18)19)14-16-17(11)7-10-8(2)15-20-9(10)3/h4-7H2,1-3H3,(H,18,19). The maximum absolute atomic E-state index is 11.2. The van der Waals surface area contributed by atoms with Crippen LogP contribution < -0.4 is 0 Å². The molecule has 0 atom stereocenters. The summed E-state index contributed by atoms with van der Waals surface area (Å²) < 4.78 is 6.75. The molecule has 1 N–H and O–H groups in total. The highest BCUT2D eigenvalue weighted by Gasteiger charge is 2.20. The first-order chi connectivity index (χ1) is 9.54. The first-order valence-corrected chi connectivity index (χ1v) is 6.62. The molecule has 0 fully saturated rings. The number of aromatic carboxylic acids is 1. The number of unbranched alkanes of at least 4 members (excludes halogenated alkanes) is 1. The molecular formula is C13H18N4O3. The Morgan fingerprint density at radius 3 is 2.70 bits per heavy atom. The normalized spacial score (nSPS) is 10.9. The molecule has 0 radical (unpaired) electrons. The number of aromatic nitrogens is 4. The summed E-state index contributed by atoms with van der Waals surface area (Å²) in [7, 11) is 0. The zero-order valence-corrected chi connectivity index (χ0v) is 11.9. The van der Waals surface area contributed by atoms with Crippen LogP contribution in [0.25, 0.3) is 0 Å². The van der Waals surface area contributed by atoms with Crippen molar-refractivity contribution in [3.63, 3.8) is 0 Å². The molecule has 7 heteroatoms. The number of rotatable bonds is 6. The van der Waals surface area contributed by atoms with E-state index in [0.717, 1.165) is 29.9 Å². The maximum Gasteiger partial charge on any atom is 0.358 e. The molecule has 7 nitrogen and oxygen atoms in total. The molecule has 108 valence electrons. The van der Waals surface area contributed by atoms with Crippen LogP contribution in [0.1, 0.15) is 53.0 Å². The third kappa shape index (κ3) is 2.71. The van der Waals surface area contributed by atoms with Crippen molar-refractivity contribution in [3.8, 4) is 0 Å². The third-order valence-corrected chi connectivity index (χ3v) is 3.30. The van der Waals surface area contributed by atoms with E-state index in [9.17, 15) is 4.79 Å². The van der Waals surface area contributed by atoms with E-state index in [0.29, 0.717) is 18.7 Å². The molecular weight excluding hydrogens is 260 g/mol. The first-order valence-electron chi connectivity index (χ1n) is 6.62. The van der Waals surface area contributed by atoms with Gasteiger partial charge < -0.3 is 9.63 Å². The van der Waals surface area contributed by atoms with Gasteiger partial charge in [0.1, 0.15) is 5.76 Å². The molecule has 0 bridgehead atoms. The number of nitrogens with zero attached hydrogens (tertiary/aromatic N) is 4. The molecule has 0 aliphatic heterocycles. The van der Waals surface area contributed by atoms with Crippen LogP contribution in [-0.2, 0) is 13.0 Å². The summed E-state index contributed by atoms with van der Waals surface area (Å²) in [6.07, 6.45) is 2.53. The minimum atomic E-state index is -1.04. The Kier molecular flexibility index (Phi) is 4.16. The molecule has 0 amide bonds. The predicted molar refractivity (Wildman–Crippen MR) is 70.7 cm³/mol. The van der Waals surface area contributed by atoms with Gasteiger partial charge in [0.2, 0.25) is 0 Å². The van der Waals surface area contributed by atoms with Gasteiger partial charge in [0.15, 0.2) is 5.69 Å². The van der Waals surface area contributed by atoms with Crippen LogP contribution in [-0.4, -0.2) is 31.2 Å². The third-order valence-electron chi connectivity index (χ3n) is 3.30. The number of carboxylic acids is 1. The Labute approximate surface area is 116 Å². The lowest BCUT2D eigenvalue weighted by atomic mass is 10.1. The molecule has 0 aliphatic carbocycles. The lowest BCUT2D eigenvalue weighted by molar-refractivity contribution is 0.0689. The minimum Gasteiger partial charge on any atom is -0.476 e. The number of hydrogen-bond donors (Lipinski definition) is 1. The van der Waals surface area contributed by atoms with Crippen molar-refractivity contribution in [2.75, 3.05) is 0 Å². The summed E-state index contributed by atoms with van der Waals surface area (Å²) >= 11 is 0. The van der Waals surface area contributed by atoms with Crippen LogP contribution in [0.15, 0.2) is 4.52 Å². The van der Waals surface area contributed by atoms with Gasteiger partial charge in [-0.3, -0.25) is 0 Å². The average molecular weight is 278 g/mol. The van der Waals surface area contributed by atoms with E-state index in [4.69, 9.17) is 9.63 Å². The van der Waals surface area contributed by atoms with Gasteiger partial charge in [-0.25, -0.2) is 9.48 Å². The van der Waals surface area contributed by atoms with Gasteiger partial charge in [-0.1, -0.05) is 23.7 Å². The van der Waals surface area contributed by atoms with E-state index in [1.807, 2.05) is 13.8 Å². The fourth-order valence-corrected chi connectivity index (χ4v) is 2.09. The van der Waals surface area contributed by atoms with Gasteiger partial charge in [-0.05, 0) is 26.7 Å². The van der Waals surface area contributed by atoms with E-state index in [1.165, 1.54) is 0 Å². The highest BCUT2D eigenvalue weighted by molar-refractivity contribution is 5.86. The van der Waals surface area contributed by atoms with Gasteiger partial charge in [-0.15, -0.1) is 5.10 Å². The largest absolute Gasteiger partial charge is 0.476 e. The van der Waals surface area contributed by atoms with E-state index >= 15 is 0 Å². The van der Waals surface area contributed by atoms with E-state index < -0.39 is 5.97 Å². The maximum atomic E-state index is 11.2. The van der Waals surface area contributed by atoms with Crippen LogP contribution in [0.5, 0.6) is 0 Å². The van der Waals surface area contributed by atoms with Gasteiger partial charge in [0, 0.05) is 5.56 Å². The lowest BCUT2D eigenvalue weighted by Gasteiger charge is -2.06. The highest BCUT2D eigenvalue weighted by Crippen LogP contribution is 2.17. The summed E-state index contributed by atoms with van der Waals surface area (Å²) in [5.74, 6) is -0.322. The molecule has 20 heavy (non-hydrogen) atoms. The summed E-state index contributed by atoms with van der Waals surface area (Å²) in [6.45, 7) is 6.17. The molecule has 2 rings (SSSR count). The molecule has 0 saturated carbocycles. The van der Waals surface area contributed by atoms with E-state index in [-0.39, 0.29) is 5.69 Å². The first kappa shape index (κ1) is 14.2. The molecule has 2 aromatic rings. The fourth-order valence-electron chi connectivity index (χ4n) is 2.09. The fraction of sp³-hybridized carbons (Fsp3) is 0.538. The SMILES string of the molecule is CCCCc1c(C(=O)O)nnn1Cc1c(C)noc1C. The Morgan fingerprint density at radius 2 is 2.15 bits per heavy atom. The van der Waals surface area contributed by atoms with Crippen molar-refractivity contribution in [2.45, 2.75) is 46.6 Å². The molecule has 0 aliphatic rings. The monoisotopic (exact) mass is 278 g/mol. The molecule has 0 unspecified atom stereocenters. The smallest absolute Gasteiger partial charge is 0.358 e. The van der Waals surface area contributed by atoms with Gasteiger partial charge >= 0.3 is 5.97 Å². The number of hydrogen-bond acceptors (Lipinski definition) is 5. The van der Waals surface area contributed by atoms with Crippen LogP contribution in [0, 0.1) is 13.8 Å². The molecule has 0 aromatic carbocycles. The summed E-state index contributed by atoms with van der Waals surface area (Å²) in [5, 5.41) is 20.8. The number of carbonyl (C=O) groups is 1. The summed E-state index contributed by atoms with van der Waals surface area (Å²) in [5.41, 5.74) is 2.39. The second kappa shape index (κ2) is 5.85. The van der Waals surface area contributed by atoms with Gasteiger partial charge in [0.25, 0.3) is 0 Å². The van der Waals surface area contributed by atoms with Crippen LogP contribution in [0.3, 0.4) is 0 Å². The minimum absolute atomic E-state index is 0.0326. The average Bonchev–Trinajstić information content (AvgIpc) is 2.95. The topological polar surface area (TPSA) is 94.0 Å². The Hall–Kier alpha value is -2.18. The highest BCUT2D eigenvalue weighted by atomic mass is 16.5. The van der Waals surface area contributed by atoms with Crippen LogP contribution in [0.4, 0.5) is 0 Å². The summed E-state index contributed by atoms with van der Waals surface area (Å²) in [4.78, 5) is 11.2. The van der Waals surface area contributed by atoms with Crippen molar-refractivity contribution in [1.82, 2.24) is 20.2 Å². The second-order valence-corrected chi connectivity index (χ2v) is 4.75. The van der Waals surface area contributed by atoms with Crippen molar-refractivity contribution in [3.05, 3.63) is 28.4 Å².